The number of hydrogen-bond donors (Lipinski definition) is 2. The number of fused-ring (bicyclic) bond motifs is 2. The molecule has 2 heterocycles. The average Bonchev–Trinajstić information content (AvgIpc) is 3.73. The maximum absolute atomic E-state index is 14.5. The van der Waals surface area contributed by atoms with Crippen molar-refractivity contribution in [1.82, 2.24) is 0 Å². The molecule has 0 bridgehead atoms. The van der Waals surface area contributed by atoms with Crippen LogP contribution in [0.15, 0.2) is 155 Å². The number of ether oxygens (including phenoxy) is 3. The first kappa shape index (κ1) is 45.8. The summed E-state index contributed by atoms with van der Waals surface area (Å²) in [4.78, 5) is 22.0. The summed E-state index contributed by atoms with van der Waals surface area (Å²) >= 11 is 0. The van der Waals surface area contributed by atoms with Gasteiger partial charge in [0.15, 0.2) is 5.78 Å². The molecule has 5 aromatic carbocycles. The summed E-state index contributed by atoms with van der Waals surface area (Å²) < 4.78 is 18.2. The quantitative estimate of drug-likeness (QED) is 0.0484. The monoisotopic (exact) mass is 872 g/mol. The largest absolute Gasteiger partial charge is 0.497 e. The van der Waals surface area contributed by atoms with E-state index in [-0.39, 0.29) is 17.8 Å². The number of carbonyl (C=O) groups is 1. The molecule has 2 atom stereocenters. The fourth-order valence-corrected chi connectivity index (χ4v) is 10.3. The molecular formula is C57H64N2O6. The first-order chi connectivity index (χ1) is 31.5. The third-order valence-corrected chi connectivity index (χ3v) is 14.0. The van der Waals surface area contributed by atoms with Crippen LogP contribution < -0.4 is 14.4 Å². The van der Waals surface area contributed by atoms with Crippen molar-refractivity contribution in [2.75, 3.05) is 38.9 Å². The second-order valence-electron chi connectivity index (χ2n) is 18.6. The lowest BCUT2D eigenvalue weighted by Gasteiger charge is -2.38. The molecule has 5 aromatic rings. The van der Waals surface area contributed by atoms with Crippen LogP contribution in [0.5, 0.6) is 11.5 Å². The number of allylic oxidation sites excluding steroid dienone is 2. The number of rotatable bonds is 19. The smallest absolute Gasteiger partial charge is 0.171 e. The number of aliphatic hydroxyl groups is 2. The molecular weight excluding hydrogens is 809 g/mol. The highest BCUT2D eigenvalue weighted by Gasteiger charge is 2.50. The van der Waals surface area contributed by atoms with Crippen molar-refractivity contribution >= 4 is 22.9 Å². The molecule has 0 aromatic heterocycles. The first-order valence-electron chi connectivity index (χ1n) is 23.3. The number of Topliss-reactive ketones (excluding diaryl/α,β-unsaturated/α-hetero) is 1. The topological polar surface area (TPSA) is 101 Å². The van der Waals surface area contributed by atoms with E-state index in [1.54, 1.807) is 14.2 Å². The Morgan fingerprint density at radius 1 is 0.692 bits per heavy atom. The molecule has 1 saturated carbocycles. The lowest BCUT2D eigenvalue weighted by atomic mass is 9.67. The third-order valence-electron chi connectivity index (χ3n) is 14.0. The predicted molar refractivity (Wildman–Crippen MR) is 261 cm³/mol. The van der Waals surface area contributed by atoms with E-state index in [9.17, 15) is 15.0 Å². The lowest BCUT2D eigenvalue weighted by Crippen LogP contribution is -2.47. The highest BCUT2D eigenvalue weighted by molar-refractivity contribution is 6.19. The van der Waals surface area contributed by atoms with Crippen LogP contribution in [0.2, 0.25) is 0 Å². The fraction of sp³-hybridized carbons (Fsp3) is 0.368. The van der Waals surface area contributed by atoms with Crippen LogP contribution in [-0.2, 0) is 26.0 Å². The zero-order valence-electron chi connectivity index (χ0n) is 38.8. The van der Waals surface area contributed by atoms with Gasteiger partial charge in [0.05, 0.1) is 37.6 Å². The van der Waals surface area contributed by atoms with Gasteiger partial charge in [-0.15, -0.1) is 0 Å². The van der Waals surface area contributed by atoms with Crippen LogP contribution in [0.25, 0.3) is 0 Å². The van der Waals surface area contributed by atoms with Crippen molar-refractivity contribution in [3.05, 3.63) is 178 Å². The zero-order valence-corrected chi connectivity index (χ0v) is 38.8. The minimum Gasteiger partial charge on any atom is -0.497 e. The van der Waals surface area contributed by atoms with Gasteiger partial charge in [0.25, 0.3) is 0 Å². The van der Waals surface area contributed by atoms with E-state index in [0.29, 0.717) is 25.0 Å². The molecule has 0 amide bonds. The van der Waals surface area contributed by atoms with Crippen LogP contribution in [-0.4, -0.2) is 61.8 Å². The number of methoxy groups -OCH3 is 2. The molecule has 8 rings (SSSR count). The number of ketones is 1. The van der Waals surface area contributed by atoms with Crippen LogP contribution in [0.4, 0.5) is 11.4 Å². The molecule has 65 heavy (non-hydrogen) atoms. The number of aliphatic imine (C=N–C) groups is 1. The number of unbranched alkanes of at least 4 members (excludes halogenated alkanes) is 4. The predicted octanol–water partition coefficient (Wildman–Crippen LogP) is 11.3. The Hall–Kier alpha value is -5.80. The highest BCUT2D eigenvalue weighted by Crippen LogP contribution is 2.51. The summed E-state index contributed by atoms with van der Waals surface area (Å²) in [5, 5.41) is 21.6. The van der Waals surface area contributed by atoms with Crippen molar-refractivity contribution < 1.29 is 29.2 Å². The number of para-hydroxylation sites is 2. The Bertz CT molecular complexity index is 2510. The van der Waals surface area contributed by atoms with E-state index in [2.05, 4.69) is 118 Å². The second-order valence-corrected chi connectivity index (χ2v) is 18.6. The first-order valence-corrected chi connectivity index (χ1v) is 23.3. The molecule has 1 aliphatic carbocycles. The van der Waals surface area contributed by atoms with Gasteiger partial charge in [-0.2, -0.15) is 0 Å². The molecule has 2 unspecified atom stereocenters. The van der Waals surface area contributed by atoms with Crippen LogP contribution in [0.3, 0.4) is 0 Å². The van der Waals surface area contributed by atoms with E-state index in [0.717, 1.165) is 101 Å². The summed E-state index contributed by atoms with van der Waals surface area (Å²) in [5.74, 6) is 0.869. The van der Waals surface area contributed by atoms with E-state index < -0.39 is 23.0 Å². The van der Waals surface area contributed by atoms with Crippen LogP contribution in [0, 0.1) is 5.92 Å². The minimum atomic E-state index is -0.940. The summed E-state index contributed by atoms with van der Waals surface area (Å²) in [6, 6.07) is 43.3. The highest BCUT2D eigenvalue weighted by atomic mass is 16.5. The van der Waals surface area contributed by atoms with Crippen molar-refractivity contribution in [1.29, 1.82) is 0 Å². The van der Waals surface area contributed by atoms with Crippen molar-refractivity contribution in [3.63, 3.8) is 0 Å². The van der Waals surface area contributed by atoms with E-state index in [4.69, 9.17) is 19.2 Å². The number of anilines is 1. The van der Waals surface area contributed by atoms with Crippen LogP contribution in [0.1, 0.15) is 100 Å². The van der Waals surface area contributed by atoms with Gasteiger partial charge in [0, 0.05) is 47.5 Å². The molecule has 2 N–H and O–H groups in total. The Labute approximate surface area is 385 Å². The van der Waals surface area contributed by atoms with Gasteiger partial charge in [-0.25, -0.2) is 0 Å². The summed E-state index contributed by atoms with van der Waals surface area (Å²) in [6.45, 7) is 10.2. The average molecular weight is 873 g/mol. The second kappa shape index (κ2) is 19.4. The minimum absolute atomic E-state index is 0.0314. The molecule has 3 aliphatic rings. The summed E-state index contributed by atoms with van der Waals surface area (Å²) in [5.41, 5.74) is 9.04. The van der Waals surface area contributed by atoms with Gasteiger partial charge in [-0.05, 0) is 108 Å². The molecule has 0 radical (unpaired) electrons. The lowest BCUT2D eigenvalue weighted by molar-refractivity contribution is -0.127. The van der Waals surface area contributed by atoms with Gasteiger partial charge in [-0.1, -0.05) is 131 Å². The number of nitrogens with zero attached hydrogens (tertiary/aromatic N) is 2. The summed E-state index contributed by atoms with van der Waals surface area (Å²) in [6.07, 6.45) is 6.71. The van der Waals surface area contributed by atoms with Gasteiger partial charge >= 0.3 is 0 Å². The molecule has 8 nitrogen and oxygen atoms in total. The Morgan fingerprint density at radius 2 is 1.28 bits per heavy atom. The Kier molecular flexibility index (Phi) is 13.6. The normalized spacial score (nSPS) is 19.7. The zero-order chi connectivity index (χ0) is 45.8. The summed E-state index contributed by atoms with van der Waals surface area (Å²) in [7, 11) is 3.35. The molecule has 8 heteroatoms. The molecule has 2 aliphatic heterocycles. The van der Waals surface area contributed by atoms with Crippen LogP contribution >= 0.6 is 0 Å². The van der Waals surface area contributed by atoms with Crippen molar-refractivity contribution in [2.45, 2.75) is 95.2 Å². The third kappa shape index (κ3) is 8.60. The number of aliphatic hydroxyl groups excluding tert-OH is 2. The van der Waals surface area contributed by atoms with Gasteiger partial charge in [0.2, 0.25) is 0 Å². The van der Waals surface area contributed by atoms with Gasteiger partial charge in [-0.3, -0.25) is 9.79 Å². The molecule has 1 fully saturated rings. The van der Waals surface area contributed by atoms with E-state index in [1.165, 1.54) is 5.56 Å². The standard InChI is InChI=1S/C57H64N2O6/c1-55(2)47-24-14-16-26-49(47)59(50(55)38-45-52(61)51(53(45)62)44(22-12-8-18-36-60)54-56(3,4)46-23-13-15-25-48(46)58-54)35-17-9-19-37-65-57(39-20-10-7-11-21-39,40-27-31-42(63-5)32-28-40)41-29-33-43(64-6)34-30-41/h7,10-11,13-16,20-21,23-34,38,45,52,60-61H,8-9,12,17-19,22,35-37H2,1-6H3. The Morgan fingerprint density at radius 3 is 1.89 bits per heavy atom. The van der Waals surface area contributed by atoms with E-state index >= 15 is 0 Å². The molecule has 338 valence electrons. The number of benzene rings is 5. The molecule has 0 saturated heterocycles. The fourth-order valence-electron chi connectivity index (χ4n) is 10.3. The van der Waals surface area contributed by atoms with Crippen molar-refractivity contribution in [3.8, 4) is 11.5 Å². The SMILES string of the molecule is COc1ccc(C(OCCCCCN2C(=CC3C(=O)C(=C(CCCCCO)C4=Nc5ccccc5C4(C)C)C3O)C(C)(C)c3ccccc32)(c2ccccc2)c2ccc(OC)cc2)cc1. The maximum Gasteiger partial charge on any atom is 0.171 e. The van der Waals surface area contributed by atoms with Gasteiger partial charge in [0.1, 0.15) is 17.1 Å². The van der Waals surface area contributed by atoms with Gasteiger partial charge < -0.3 is 29.3 Å². The van der Waals surface area contributed by atoms with Crippen molar-refractivity contribution in [2.24, 2.45) is 10.9 Å². The molecule has 0 spiro atoms. The Balaban J connectivity index is 1.03. The number of hydrogen-bond acceptors (Lipinski definition) is 8. The maximum atomic E-state index is 14.5. The van der Waals surface area contributed by atoms with E-state index in [1.807, 2.05) is 48.5 Å². The number of carbonyl (C=O) groups excluding carboxylic acids is 1.